The highest BCUT2D eigenvalue weighted by atomic mass is 19.3. The molecule has 84 valence electrons. The second kappa shape index (κ2) is 4.08. The molecule has 0 bridgehead atoms. The molecule has 0 aliphatic carbocycles. The number of halogens is 2. The van der Waals surface area contributed by atoms with Gasteiger partial charge in [-0.25, -0.2) is 0 Å². The Balaban J connectivity index is 2.45. The molecular formula is C13H12F2O. The molecule has 0 aliphatic rings. The third kappa shape index (κ3) is 2.13. The van der Waals surface area contributed by atoms with Crippen molar-refractivity contribution in [1.82, 2.24) is 0 Å². The van der Waals surface area contributed by atoms with Crippen molar-refractivity contribution in [3.05, 3.63) is 42.5 Å². The molecular weight excluding hydrogens is 210 g/mol. The van der Waals surface area contributed by atoms with Gasteiger partial charge in [0.2, 0.25) is 0 Å². The Hall–Kier alpha value is -1.64. The number of ether oxygens (including phenoxy) is 1. The van der Waals surface area contributed by atoms with E-state index in [9.17, 15) is 8.78 Å². The first-order valence-corrected chi connectivity index (χ1v) is 5.17. The Morgan fingerprint density at radius 2 is 1.75 bits per heavy atom. The summed E-state index contributed by atoms with van der Waals surface area (Å²) in [4.78, 5) is 0. The van der Waals surface area contributed by atoms with E-state index in [-0.39, 0.29) is 12.2 Å². The Kier molecular flexibility index (Phi) is 2.77. The van der Waals surface area contributed by atoms with Crippen molar-refractivity contribution in [2.75, 3.05) is 0 Å². The van der Waals surface area contributed by atoms with Gasteiger partial charge in [0.15, 0.2) is 0 Å². The summed E-state index contributed by atoms with van der Waals surface area (Å²) in [7, 11) is 0. The van der Waals surface area contributed by atoms with E-state index < -0.39 is 6.11 Å². The molecule has 3 heteroatoms. The van der Waals surface area contributed by atoms with Gasteiger partial charge in [0.25, 0.3) is 0 Å². The minimum Gasteiger partial charge on any atom is -0.432 e. The van der Waals surface area contributed by atoms with Gasteiger partial charge in [0.05, 0.1) is 0 Å². The SMILES string of the molecule is CCC(F)(F)Oc1cccc2ccccc12. The molecule has 16 heavy (non-hydrogen) atoms. The number of alkyl halides is 2. The van der Waals surface area contributed by atoms with E-state index in [0.29, 0.717) is 5.39 Å². The summed E-state index contributed by atoms with van der Waals surface area (Å²) >= 11 is 0. The zero-order chi connectivity index (χ0) is 11.6. The fraction of sp³-hybridized carbons (Fsp3) is 0.231. The standard InChI is InChI=1S/C13H12F2O/c1-2-13(14,15)16-12-9-5-7-10-6-3-4-8-11(10)12/h3-9H,2H2,1H3. The number of rotatable bonds is 3. The highest BCUT2D eigenvalue weighted by molar-refractivity contribution is 5.88. The summed E-state index contributed by atoms with van der Waals surface area (Å²) < 4.78 is 31.0. The van der Waals surface area contributed by atoms with Gasteiger partial charge in [-0.2, -0.15) is 8.78 Å². The molecule has 2 aromatic rings. The van der Waals surface area contributed by atoms with E-state index >= 15 is 0 Å². The molecule has 0 amide bonds. The van der Waals surface area contributed by atoms with Gasteiger partial charge in [0.1, 0.15) is 5.75 Å². The minimum atomic E-state index is -3.11. The Morgan fingerprint density at radius 3 is 2.50 bits per heavy atom. The van der Waals surface area contributed by atoms with Crippen LogP contribution in [0.4, 0.5) is 8.78 Å². The first kappa shape index (κ1) is 10.9. The van der Waals surface area contributed by atoms with Crippen molar-refractivity contribution in [3.63, 3.8) is 0 Å². The molecule has 0 atom stereocenters. The largest absolute Gasteiger partial charge is 0.432 e. The van der Waals surface area contributed by atoms with Crippen LogP contribution in [-0.4, -0.2) is 6.11 Å². The van der Waals surface area contributed by atoms with Gasteiger partial charge in [-0.05, 0) is 11.5 Å². The molecule has 0 N–H and O–H groups in total. The predicted octanol–water partition coefficient (Wildman–Crippen LogP) is 4.22. The maximum Gasteiger partial charge on any atom is 0.397 e. The predicted molar refractivity (Wildman–Crippen MR) is 59.8 cm³/mol. The number of hydrogen-bond donors (Lipinski definition) is 0. The fourth-order valence-electron chi connectivity index (χ4n) is 1.52. The topological polar surface area (TPSA) is 9.23 Å². The van der Waals surface area contributed by atoms with Gasteiger partial charge < -0.3 is 4.74 Å². The van der Waals surface area contributed by atoms with Gasteiger partial charge in [-0.3, -0.25) is 0 Å². The molecule has 2 rings (SSSR count). The molecule has 2 aromatic carbocycles. The molecule has 1 nitrogen and oxygen atoms in total. The molecule has 0 radical (unpaired) electrons. The first-order valence-electron chi connectivity index (χ1n) is 5.17. The number of fused-ring (bicyclic) bond motifs is 1. The number of benzene rings is 2. The summed E-state index contributed by atoms with van der Waals surface area (Å²) in [6.07, 6.45) is -3.44. The van der Waals surface area contributed by atoms with Crippen molar-refractivity contribution in [2.45, 2.75) is 19.5 Å². The van der Waals surface area contributed by atoms with Crippen LogP contribution in [-0.2, 0) is 0 Å². The summed E-state index contributed by atoms with van der Waals surface area (Å²) in [6, 6.07) is 12.5. The lowest BCUT2D eigenvalue weighted by Gasteiger charge is -2.17. The molecule has 0 saturated carbocycles. The van der Waals surface area contributed by atoms with Crippen LogP contribution in [0.1, 0.15) is 13.3 Å². The van der Waals surface area contributed by atoms with Crippen molar-refractivity contribution >= 4 is 10.8 Å². The summed E-state index contributed by atoms with van der Waals surface area (Å²) in [5, 5.41) is 1.60. The number of hydrogen-bond acceptors (Lipinski definition) is 1. The van der Waals surface area contributed by atoms with Crippen molar-refractivity contribution < 1.29 is 13.5 Å². The highest BCUT2D eigenvalue weighted by Gasteiger charge is 2.29. The molecule has 0 unspecified atom stereocenters. The van der Waals surface area contributed by atoms with Crippen molar-refractivity contribution in [1.29, 1.82) is 0 Å². The van der Waals surface area contributed by atoms with E-state index in [1.54, 1.807) is 24.3 Å². The lowest BCUT2D eigenvalue weighted by molar-refractivity contribution is -0.176. The second-order valence-corrected chi connectivity index (χ2v) is 3.57. The van der Waals surface area contributed by atoms with Crippen LogP contribution in [0.2, 0.25) is 0 Å². The van der Waals surface area contributed by atoms with Crippen LogP contribution < -0.4 is 4.74 Å². The zero-order valence-corrected chi connectivity index (χ0v) is 8.91. The van der Waals surface area contributed by atoms with Crippen LogP contribution in [0.25, 0.3) is 10.8 Å². The third-order valence-electron chi connectivity index (χ3n) is 2.42. The lowest BCUT2D eigenvalue weighted by atomic mass is 10.1. The molecule has 0 aliphatic heterocycles. The smallest absolute Gasteiger partial charge is 0.397 e. The normalized spacial score (nSPS) is 11.7. The summed E-state index contributed by atoms with van der Waals surface area (Å²) in [5.41, 5.74) is 0. The van der Waals surface area contributed by atoms with Crippen LogP contribution in [0.3, 0.4) is 0 Å². The Morgan fingerprint density at radius 1 is 1.06 bits per heavy atom. The van der Waals surface area contributed by atoms with E-state index in [0.717, 1.165) is 5.39 Å². The minimum absolute atomic E-state index is 0.227. The van der Waals surface area contributed by atoms with Gasteiger partial charge in [0, 0.05) is 11.8 Å². The second-order valence-electron chi connectivity index (χ2n) is 3.57. The van der Waals surface area contributed by atoms with E-state index in [4.69, 9.17) is 4.74 Å². The molecule has 0 saturated heterocycles. The van der Waals surface area contributed by atoms with E-state index in [1.807, 2.05) is 18.2 Å². The van der Waals surface area contributed by atoms with E-state index in [1.165, 1.54) is 6.92 Å². The maximum atomic E-state index is 13.1. The maximum absolute atomic E-state index is 13.1. The van der Waals surface area contributed by atoms with Crippen LogP contribution in [0.5, 0.6) is 5.75 Å². The monoisotopic (exact) mass is 222 g/mol. The summed E-state index contributed by atoms with van der Waals surface area (Å²) in [5.74, 6) is 0.227. The van der Waals surface area contributed by atoms with Crippen LogP contribution in [0, 0.1) is 0 Å². The lowest BCUT2D eigenvalue weighted by Crippen LogP contribution is -2.23. The average molecular weight is 222 g/mol. The molecule has 0 heterocycles. The Bertz CT molecular complexity index is 489. The van der Waals surface area contributed by atoms with E-state index in [2.05, 4.69) is 0 Å². The van der Waals surface area contributed by atoms with Crippen molar-refractivity contribution in [3.8, 4) is 5.75 Å². The van der Waals surface area contributed by atoms with Gasteiger partial charge in [-0.1, -0.05) is 43.3 Å². The van der Waals surface area contributed by atoms with Gasteiger partial charge in [-0.15, -0.1) is 0 Å². The Labute approximate surface area is 92.7 Å². The van der Waals surface area contributed by atoms with Crippen LogP contribution >= 0.6 is 0 Å². The molecule has 0 fully saturated rings. The highest BCUT2D eigenvalue weighted by Crippen LogP contribution is 2.30. The molecule has 0 aromatic heterocycles. The fourth-order valence-corrected chi connectivity index (χ4v) is 1.52. The van der Waals surface area contributed by atoms with Crippen molar-refractivity contribution in [2.24, 2.45) is 0 Å². The average Bonchev–Trinajstić information content (AvgIpc) is 2.29. The quantitative estimate of drug-likeness (QED) is 0.755. The van der Waals surface area contributed by atoms with Gasteiger partial charge >= 0.3 is 6.11 Å². The zero-order valence-electron chi connectivity index (χ0n) is 8.91. The molecule has 0 spiro atoms. The third-order valence-corrected chi connectivity index (χ3v) is 2.42. The van der Waals surface area contributed by atoms with Crippen LogP contribution in [0.15, 0.2) is 42.5 Å². The first-order chi connectivity index (χ1) is 7.62. The summed E-state index contributed by atoms with van der Waals surface area (Å²) in [6.45, 7) is 1.39.